The minimum absolute atomic E-state index is 0.0914. The highest BCUT2D eigenvalue weighted by atomic mass is 19.1. The number of carbonyl (C=O) groups is 2. The minimum Gasteiger partial charge on any atom is -0.349 e. The van der Waals surface area contributed by atoms with Crippen LogP contribution in [0.1, 0.15) is 43.0 Å². The Kier molecular flexibility index (Phi) is 5.35. The van der Waals surface area contributed by atoms with Crippen molar-refractivity contribution in [1.29, 1.82) is 0 Å². The molecule has 0 fully saturated rings. The number of halogens is 1. The molecule has 0 aliphatic heterocycles. The van der Waals surface area contributed by atoms with E-state index in [1.165, 1.54) is 13.0 Å². The summed E-state index contributed by atoms with van der Waals surface area (Å²) in [6.07, 6.45) is 1.80. The van der Waals surface area contributed by atoms with Gasteiger partial charge >= 0.3 is 0 Å². The molecule has 2 aromatic carbocycles. The van der Waals surface area contributed by atoms with Gasteiger partial charge in [0.05, 0.1) is 12.5 Å². The minimum atomic E-state index is -0.192. The lowest BCUT2D eigenvalue weighted by Crippen LogP contribution is -2.36. The smallest absolute Gasteiger partial charge is 0.224 e. The predicted molar refractivity (Wildman–Crippen MR) is 99.2 cm³/mol. The molecule has 0 saturated heterocycles. The molecule has 0 heterocycles. The van der Waals surface area contributed by atoms with Crippen molar-refractivity contribution in [3.05, 3.63) is 65.0 Å². The van der Waals surface area contributed by atoms with E-state index in [4.69, 9.17) is 0 Å². The van der Waals surface area contributed by atoms with Crippen molar-refractivity contribution >= 4 is 17.5 Å². The molecular formula is C21H23FN2O2. The van der Waals surface area contributed by atoms with Crippen molar-refractivity contribution in [2.45, 2.75) is 39.2 Å². The average Bonchev–Trinajstić information content (AvgIpc) is 2.59. The normalized spacial score (nSPS) is 18.7. The average molecular weight is 354 g/mol. The summed E-state index contributed by atoms with van der Waals surface area (Å²) >= 11 is 0. The SMILES string of the molecule is CC(=O)Nc1ccc(CC(=O)NC2c3cccc(F)c3CCC2C)cc1. The molecular weight excluding hydrogens is 331 g/mol. The highest BCUT2D eigenvalue weighted by Crippen LogP contribution is 2.35. The molecule has 2 aromatic rings. The lowest BCUT2D eigenvalue weighted by molar-refractivity contribution is -0.121. The molecule has 5 heteroatoms. The molecule has 3 rings (SSSR count). The van der Waals surface area contributed by atoms with Crippen LogP contribution in [-0.2, 0) is 22.4 Å². The number of rotatable bonds is 4. The van der Waals surface area contributed by atoms with Crippen LogP contribution in [0.3, 0.4) is 0 Å². The summed E-state index contributed by atoms with van der Waals surface area (Å²) in [6, 6.07) is 12.1. The summed E-state index contributed by atoms with van der Waals surface area (Å²) in [5.41, 5.74) is 3.17. The summed E-state index contributed by atoms with van der Waals surface area (Å²) in [7, 11) is 0. The number of hydrogen-bond acceptors (Lipinski definition) is 2. The molecule has 26 heavy (non-hydrogen) atoms. The van der Waals surface area contributed by atoms with E-state index in [1.54, 1.807) is 18.2 Å². The quantitative estimate of drug-likeness (QED) is 0.878. The van der Waals surface area contributed by atoms with Crippen LogP contribution in [0.4, 0.5) is 10.1 Å². The molecule has 2 N–H and O–H groups in total. The van der Waals surface area contributed by atoms with Crippen molar-refractivity contribution in [3.8, 4) is 0 Å². The Labute approximate surface area is 152 Å². The van der Waals surface area contributed by atoms with Gasteiger partial charge in [0.15, 0.2) is 0 Å². The summed E-state index contributed by atoms with van der Waals surface area (Å²) in [5, 5.41) is 5.77. The summed E-state index contributed by atoms with van der Waals surface area (Å²) in [5.74, 6) is -0.156. The van der Waals surface area contributed by atoms with Crippen molar-refractivity contribution < 1.29 is 14.0 Å². The van der Waals surface area contributed by atoms with Gasteiger partial charge in [0.1, 0.15) is 5.82 Å². The molecule has 0 spiro atoms. The Bertz CT molecular complexity index is 817. The molecule has 0 aromatic heterocycles. The van der Waals surface area contributed by atoms with E-state index in [2.05, 4.69) is 17.6 Å². The van der Waals surface area contributed by atoms with Gasteiger partial charge in [-0.15, -0.1) is 0 Å². The molecule has 4 nitrogen and oxygen atoms in total. The maximum absolute atomic E-state index is 14.0. The summed E-state index contributed by atoms with van der Waals surface area (Å²) in [4.78, 5) is 23.6. The Morgan fingerprint density at radius 2 is 1.88 bits per heavy atom. The standard InChI is InChI=1S/C21H23FN2O2/c1-13-6-11-17-18(4-3-5-19(17)22)21(13)24-20(26)12-15-7-9-16(10-8-15)23-14(2)25/h3-5,7-10,13,21H,6,11-12H2,1-2H3,(H,23,25)(H,24,26). The number of benzene rings is 2. The van der Waals surface area contributed by atoms with Crippen molar-refractivity contribution in [2.75, 3.05) is 5.32 Å². The van der Waals surface area contributed by atoms with Gasteiger partial charge in [0.25, 0.3) is 0 Å². The fourth-order valence-electron chi connectivity index (χ4n) is 3.51. The fraction of sp³-hybridized carbons (Fsp3) is 0.333. The van der Waals surface area contributed by atoms with Crippen LogP contribution in [0.2, 0.25) is 0 Å². The number of carbonyl (C=O) groups excluding carboxylic acids is 2. The van der Waals surface area contributed by atoms with Crippen LogP contribution in [0.15, 0.2) is 42.5 Å². The van der Waals surface area contributed by atoms with E-state index in [0.717, 1.165) is 23.1 Å². The van der Waals surface area contributed by atoms with Crippen molar-refractivity contribution in [1.82, 2.24) is 5.32 Å². The number of hydrogen-bond donors (Lipinski definition) is 2. The van der Waals surface area contributed by atoms with E-state index in [-0.39, 0.29) is 36.0 Å². The third kappa shape index (κ3) is 4.10. The Morgan fingerprint density at radius 1 is 1.15 bits per heavy atom. The van der Waals surface area contributed by atoms with Crippen LogP contribution in [0, 0.1) is 11.7 Å². The lowest BCUT2D eigenvalue weighted by atomic mass is 9.80. The van der Waals surface area contributed by atoms with Gasteiger partial charge < -0.3 is 10.6 Å². The Balaban J connectivity index is 1.68. The molecule has 2 atom stereocenters. The third-order valence-corrected chi connectivity index (χ3v) is 4.86. The first-order valence-corrected chi connectivity index (χ1v) is 8.87. The lowest BCUT2D eigenvalue weighted by Gasteiger charge is -2.32. The van der Waals surface area contributed by atoms with E-state index < -0.39 is 0 Å². The third-order valence-electron chi connectivity index (χ3n) is 4.86. The first-order valence-electron chi connectivity index (χ1n) is 8.87. The first-order chi connectivity index (χ1) is 12.4. The second kappa shape index (κ2) is 7.68. The van der Waals surface area contributed by atoms with E-state index in [0.29, 0.717) is 12.1 Å². The van der Waals surface area contributed by atoms with Gasteiger partial charge in [-0.05, 0) is 53.6 Å². The van der Waals surface area contributed by atoms with Gasteiger partial charge in [-0.3, -0.25) is 9.59 Å². The largest absolute Gasteiger partial charge is 0.349 e. The van der Waals surface area contributed by atoms with Crippen molar-refractivity contribution in [3.63, 3.8) is 0 Å². The predicted octanol–water partition coefficient (Wildman–Crippen LogP) is 3.77. The summed E-state index contributed by atoms with van der Waals surface area (Å²) < 4.78 is 14.0. The molecule has 0 bridgehead atoms. The van der Waals surface area contributed by atoms with E-state index >= 15 is 0 Å². The van der Waals surface area contributed by atoms with Crippen LogP contribution >= 0.6 is 0 Å². The zero-order valence-electron chi connectivity index (χ0n) is 15.0. The zero-order valence-corrected chi connectivity index (χ0v) is 15.0. The highest BCUT2D eigenvalue weighted by Gasteiger charge is 2.29. The number of anilines is 1. The molecule has 2 unspecified atom stereocenters. The summed E-state index contributed by atoms with van der Waals surface area (Å²) in [6.45, 7) is 3.54. The molecule has 2 amide bonds. The second-order valence-electron chi connectivity index (χ2n) is 6.92. The Morgan fingerprint density at radius 3 is 2.58 bits per heavy atom. The fourth-order valence-corrected chi connectivity index (χ4v) is 3.51. The van der Waals surface area contributed by atoms with E-state index in [1.807, 2.05) is 18.2 Å². The topological polar surface area (TPSA) is 58.2 Å². The number of amides is 2. The van der Waals surface area contributed by atoms with Crippen LogP contribution in [0.25, 0.3) is 0 Å². The second-order valence-corrected chi connectivity index (χ2v) is 6.92. The maximum Gasteiger partial charge on any atom is 0.224 e. The van der Waals surface area contributed by atoms with E-state index in [9.17, 15) is 14.0 Å². The molecule has 136 valence electrons. The number of fused-ring (bicyclic) bond motifs is 1. The first kappa shape index (κ1) is 18.1. The molecule has 0 saturated carbocycles. The van der Waals surface area contributed by atoms with Gasteiger partial charge in [0, 0.05) is 12.6 Å². The molecule has 1 aliphatic rings. The molecule has 1 aliphatic carbocycles. The zero-order chi connectivity index (χ0) is 18.7. The van der Waals surface area contributed by atoms with Gasteiger partial charge in [-0.2, -0.15) is 0 Å². The van der Waals surface area contributed by atoms with Gasteiger partial charge in [0.2, 0.25) is 11.8 Å². The van der Waals surface area contributed by atoms with Crippen LogP contribution in [-0.4, -0.2) is 11.8 Å². The highest BCUT2D eigenvalue weighted by molar-refractivity contribution is 5.88. The van der Waals surface area contributed by atoms with Gasteiger partial charge in [-0.1, -0.05) is 31.2 Å². The monoisotopic (exact) mass is 354 g/mol. The van der Waals surface area contributed by atoms with Crippen molar-refractivity contribution in [2.24, 2.45) is 5.92 Å². The van der Waals surface area contributed by atoms with Crippen LogP contribution in [0.5, 0.6) is 0 Å². The molecule has 0 radical (unpaired) electrons. The van der Waals surface area contributed by atoms with Gasteiger partial charge in [-0.25, -0.2) is 4.39 Å². The number of nitrogens with one attached hydrogen (secondary N) is 2. The maximum atomic E-state index is 14.0. The Hall–Kier alpha value is -2.69. The van der Waals surface area contributed by atoms with Crippen LogP contribution < -0.4 is 10.6 Å².